The van der Waals surface area contributed by atoms with Crippen molar-refractivity contribution >= 4 is 5.91 Å². The first kappa shape index (κ1) is 21.2. The van der Waals surface area contributed by atoms with Gasteiger partial charge in [-0.05, 0) is 86.8 Å². The fourth-order valence-electron chi connectivity index (χ4n) is 3.88. The average Bonchev–Trinajstić information content (AvgIpc) is 2.76. The highest BCUT2D eigenvalue weighted by Gasteiger charge is 2.19. The van der Waals surface area contributed by atoms with Gasteiger partial charge >= 0.3 is 0 Å². The van der Waals surface area contributed by atoms with Crippen molar-refractivity contribution in [2.45, 2.75) is 64.9 Å². The van der Waals surface area contributed by atoms with Gasteiger partial charge in [-0.1, -0.05) is 31.2 Å². The van der Waals surface area contributed by atoms with Gasteiger partial charge in [-0.25, -0.2) is 0 Å². The number of nitrogens with one attached hydrogen (secondary N) is 1. The molecule has 1 amide bonds. The minimum atomic E-state index is -0.452. The highest BCUT2D eigenvalue weighted by molar-refractivity contribution is 5.81. The lowest BCUT2D eigenvalue weighted by atomic mass is 9.92. The van der Waals surface area contributed by atoms with E-state index in [-0.39, 0.29) is 5.91 Å². The Hall–Kier alpha value is -2.49. The summed E-state index contributed by atoms with van der Waals surface area (Å²) < 4.78 is 11.7. The van der Waals surface area contributed by atoms with Crippen molar-refractivity contribution in [3.05, 3.63) is 59.2 Å². The molecule has 4 heteroatoms. The molecule has 1 aliphatic carbocycles. The first-order valence-electron chi connectivity index (χ1n) is 11.0. The van der Waals surface area contributed by atoms with Gasteiger partial charge in [0.1, 0.15) is 11.5 Å². The minimum absolute atomic E-state index is 0.0386. The Morgan fingerprint density at radius 1 is 1.07 bits per heavy atom. The first-order valence-corrected chi connectivity index (χ1v) is 11.0. The fourth-order valence-corrected chi connectivity index (χ4v) is 3.88. The molecule has 0 spiro atoms. The third kappa shape index (κ3) is 5.99. The molecule has 0 saturated carbocycles. The van der Waals surface area contributed by atoms with Crippen LogP contribution in [0.2, 0.25) is 0 Å². The van der Waals surface area contributed by atoms with E-state index in [2.05, 4.69) is 23.5 Å². The number of carbonyl (C=O) groups is 1. The lowest BCUT2D eigenvalue weighted by Crippen LogP contribution is -2.38. The van der Waals surface area contributed by atoms with Crippen LogP contribution in [-0.4, -0.2) is 25.2 Å². The molecule has 4 nitrogen and oxygen atoms in total. The third-order valence-electron chi connectivity index (χ3n) is 5.46. The number of ether oxygens (including phenoxy) is 2. The molecule has 0 unspecified atom stereocenters. The monoisotopic (exact) mass is 395 g/mol. The Labute approximate surface area is 174 Å². The predicted molar refractivity (Wildman–Crippen MR) is 117 cm³/mol. The van der Waals surface area contributed by atoms with Crippen molar-refractivity contribution in [2.75, 3.05) is 13.2 Å². The number of hydrogen-bond acceptors (Lipinski definition) is 3. The lowest BCUT2D eigenvalue weighted by molar-refractivity contribution is -0.128. The van der Waals surface area contributed by atoms with Gasteiger partial charge < -0.3 is 14.8 Å². The Balaban J connectivity index is 1.48. The SMILES string of the molecule is CCOc1ccccc1CCCNC(=O)[C@H](CC)Oc1ccc2c(c1)CCCC2. The summed E-state index contributed by atoms with van der Waals surface area (Å²) in [6.07, 6.45) is 6.70. The molecule has 0 radical (unpaired) electrons. The summed E-state index contributed by atoms with van der Waals surface area (Å²) in [6, 6.07) is 14.4. The van der Waals surface area contributed by atoms with Gasteiger partial charge in [0.15, 0.2) is 6.10 Å². The van der Waals surface area contributed by atoms with Crippen LogP contribution in [0.3, 0.4) is 0 Å². The number of amides is 1. The van der Waals surface area contributed by atoms with Crippen LogP contribution in [-0.2, 0) is 24.1 Å². The van der Waals surface area contributed by atoms with Crippen molar-refractivity contribution < 1.29 is 14.3 Å². The second kappa shape index (κ2) is 10.9. The number of hydrogen-bond donors (Lipinski definition) is 1. The molecule has 3 rings (SSSR count). The lowest BCUT2D eigenvalue weighted by Gasteiger charge is -2.20. The van der Waals surface area contributed by atoms with Crippen LogP contribution in [0.5, 0.6) is 11.5 Å². The molecule has 1 N–H and O–H groups in total. The minimum Gasteiger partial charge on any atom is -0.494 e. The quantitative estimate of drug-likeness (QED) is 0.584. The maximum Gasteiger partial charge on any atom is 0.261 e. The topological polar surface area (TPSA) is 47.6 Å². The molecule has 0 fully saturated rings. The van der Waals surface area contributed by atoms with Gasteiger partial charge in [-0.3, -0.25) is 4.79 Å². The molecule has 29 heavy (non-hydrogen) atoms. The Kier molecular flexibility index (Phi) is 7.97. The van der Waals surface area contributed by atoms with Gasteiger partial charge in [-0.15, -0.1) is 0 Å². The van der Waals surface area contributed by atoms with Crippen molar-refractivity contribution in [2.24, 2.45) is 0 Å². The molecule has 1 aliphatic rings. The fraction of sp³-hybridized carbons (Fsp3) is 0.480. The molecular weight excluding hydrogens is 362 g/mol. The second-order valence-electron chi connectivity index (χ2n) is 7.59. The van der Waals surface area contributed by atoms with E-state index in [0.717, 1.165) is 37.2 Å². The van der Waals surface area contributed by atoms with Crippen LogP contribution in [0.4, 0.5) is 0 Å². The largest absolute Gasteiger partial charge is 0.494 e. The standard InChI is InChI=1S/C25H33NO3/c1-3-23(29-22-16-15-19-10-5-6-12-21(19)18-22)25(27)26-17-9-13-20-11-7-8-14-24(20)28-4-2/h7-8,11,14-16,18,23H,3-6,9-10,12-13,17H2,1-2H3,(H,26,27)/t23-/m0/s1. The highest BCUT2D eigenvalue weighted by atomic mass is 16.5. The first-order chi connectivity index (χ1) is 14.2. The second-order valence-corrected chi connectivity index (χ2v) is 7.59. The van der Waals surface area contributed by atoms with Crippen LogP contribution in [0, 0.1) is 0 Å². The molecular formula is C25H33NO3. The van der Waals surface area contributed by atoms with E-state index < -0.39 is 6.10 Å². The zero-order valence-electron chi connectivity index (χ0n) is 17.7. The number of aryl methyl sites for hydroxylation is 3. The van der Waals surface area contributed by atoms with E-state index in [1.165, 1.54) is 29.5 Å². The summed E-state index contributed by atoms with van der Waals surface area (Å²) in [4.78, 5) is 12.6. The van der Waals surface area contributed by atoms with Crippen LogP contribution >= 0.6 is 0 Å². The molecule has 0 heterocycles. The highest BCUT2D eigenvalue weighted by Crippen LogP contribution is 2.26. The van der Waals surface area contributed by atoms with Crippen LogP contribution in [0.1, 0.15) is 56.2 Å². The number of para-hydroxylation sites is 1. The summed E-state index contributed by atoms with van der Waals surface area (Å²) in [7, 11) is 0. The molecule has 2 aromatic carbocycles. The normalized spacial score (nSPS) is 14.0. The zero-order valence-corrected chi connectivity index (χ0v) is 17.7. The summed E-state index contributed by atoms with van der Waals surface area (Å²) in [5, 5.41) is 3.03. The van der Waals surface area contributed by atoms with E-state index >= 15 is 0 Å². The van der Waals surface area contributed by atoms with E-state index in [9.17, 15) is 4.79 Å². The number of benzene rings is 2. The summed E-state index contributed by atoms with van der Waals surface area (Å²) >= 11 is 0. The molecule has 0 aliphatic heterocycles. The maximum atomic E-state index is 12.6. The summed E-state index contributed by atoms with van der Waals surface area (Å²) in [6.45, 7) is 5.26. The molecule has 156 valence electrons. The molecule has 0 bridgehead atoms. The number of rotatable bonds is 10. The maximum absolute atomic E-state index is 12.6. The van der Waals surface area contributed by atoms with Gasteiger partial charge in [0.2, 0.25) is 0 Å². The Bertz CT molecular complexity index is 802. The van der Waals surface area contributed by atoms with Crippen molar-refractivity contribution in [1.29, 1.82) is 0 Å². The molecule has 0 saturated heterocycles. The summed E-state index contributed by atoms with van der Waals surface area (Å²) in [5.74, 6) is 1.70. The zero-order chi connectivity index (χ0) is 20.5. The number of carbonyl (C=O) groups excluding carboxylic acids is 1. The average molecular weight is 396 g/mol. The van der Waals surface area contributed by atoms with E-state index in [4.69, 9.17) is 9.47 Å². The van der Waals surface area contributed by atoms with Crippen molar-refractivity contribution in [3.63, 3.8) is 0 Å². The van der Waals surface area contributed by atoms with E-state index in [1.54, 1.807) is 0 Å². The predicted octanol–water partition coefficient (Wildman–Crippen LogP) is 4.87. The Morgan fingerprint density at radius 3 is 2.66 bits per heavy atom. The van der Waals surface area contributed by atoms with Gasteiger partial charge in [0, 0.05) is 6.54 Å². The van der Waals surface area contributed by atoms with Crippen molar-refractivity contribution in [3.8, 4) is 11.5 Å². The summed E-state index contributed by atoms with van der Waals surface area (Å²) in [5.41, 5.74) is 3.98. The van der Waals surface area contributed by atoms with Crippen molar-refractivity contribution in [1.82, 2.24) is 5.32 Å². The molecule has 2 aromatic rings. The smallest absolute Gasteiger partial charge is 0.261 e. The van der Waals surface area contributed by atoms with E-state index in [0.29, 0.717) is 19.6 Å². The van der Waals surface area contributed by atoms with E-state index in [1.807, 2.05) is 38.1 Å². The molecule has 0 aromatic heterocycles. The number of fused-ring (bicyclic) bond motifs is 1. The van der Waals surface area contributed by atoms with Gasteiger partial charge in [-0.2, -0.15) is 0 Å². The van der Waals surface area contributed by atoms with Crippen LogP contribution in [0.15, 0.2) is 42.5 Å². The van der Waals surface area contributed by atoms with Crippen LogP contribution < -0.4 is 14.8 Å². The van der Waals surface area contributed by atoms with Crippen LogP contribution in [0.25, 0.3) is 0 Å². The van der Waals surface area contributed by atoms with Gasteiger partial charge in [0.25, 0.3) is 5.91 Å². The third-order valence-corrected chi connectivity index (χ3v) is 5.46. The molecule has 1 atom stereocenters. The Morgan fingerprint density at radius 2 is 1.86 bits per heavy atom. The van der Waals surface area contributed by atoms with Gasteiger partial charge in [0.05, 0.1) is 6.61 Å².